The zero-order chi connectivity index (χ0) is 13.6. The molecule has 2 bridgehead atoms. The maximum atomic E-state index is 12.6. The number of phenols is 2. The number of nitrogens with zero attached hydrogens (tertiary/aromatic N) is 1. The first-order valence-corrected chi connectivity index (χ1v) is 7.47. The highest BCUT2D eigenvalue weighted by molar-refractivity contribution is 9.09. The molecule has 2 heterocycles. The lowest BCUT2D eigenvalue weighted by atomic mass is 10.0. The summed E-state index contributed by atoms with van der Waals surface area (Å²) in [5.41, 5.74) is 0.0347. The van der Waals surface area contributed by atoms with Crippen LogP contribution in [0.3, 0.4) is 0 Å². The number of fused-ring (bicyclic) bond motifs is 2. The van der Waals surface area contributed by atoms with Crippen LogP contribution in [-0.2, 0) is 0 Å². The van der Waals surface area contributed by atoms with E-state index in [2.05, 4.69) is 15.9 Å². The van der Waals surface area contributed by atoms with Crippen molar-refractivity contribution in [2.75, 3.05) is 0 Å². The zero-order valence-corrected chi connectivity index (χ0v) is 12.0. The number of piperidine rings is 1. The molecule has 2 unspecified atom stereocenters. The van der Waals surface area contributed by atoms with Gasteiger partial charge in [0.05, 0.1) is 0 Å². The van der Waals surface area contributed by atoms with E-state index in [0.29, 0.717) is 4.83 Å². The number of benzene rings is 1. The predicted octanol–water partition coefficient (Wildman–Crippen LogP) is 2.63. The quantitative estimate of drug-likeness (QED) is 0.780. The largest absolute Gasteiger partial charge is 0.507 e. The van der Waals surface area contributed by atoms with E-state index in [9.17, 15) is 15.0 Å². The molecule has 3 rings (SSSR count). The van der Waals surface area contributed by atoms with E-state index < -0.39 is 0 Å². The Bertz CT molecular complexity index is 485. The third-order valence-electron chi connectivity index (χ3n) is 4.14. The summed E-state index contributed by atoms with van der Waals surface area (Å²) in [7, 11) is 0. The molecule has 2 atom stereocenters. The topological polar surface area (TPSA) is 60.8 Å². The van der Waals surface area contributed by atoms with Crippen LogP contribution >= 0.6 is 15.9 Å². The van der Waals surface area contributed by atoms with Crippen molar-refractivity contribution in [1.82, 2.24) is 4.90 Å². The van der Waals surface area contributed by atoms with Crippen LogP contribution in [0.1, 0.15) is 36.0 Å². The Morgan fingerprint density at radius 3 is 2.21 bits per heavy atom. The maximum absolute atomic E-state index is 12.6. The molecule has 0 spiro atoms. The number of rotatable bonds is 1. The molecule has 5 heteroatoms. The smallest absolute Gasteiger partial charge is 0.261 e. The van der Waals surface area contributed by atoms with E-state index in [1.54, 1.807) is 0 Å². The summed E-state index contributed by atoms with van der Waals surface area (Å²) in [4.78, 5) is 14.9. The molecule has 0 radical (unpaired) electrons. The summed E-state index contributed by atoms with van der Waals surface area (Å²) < 4.78 is 0. The molecule has 0 aromatic heterocycles. The van der Waals surface area contributed by atoms with Crippen molar-refractivity contribution in [1.29, 1.82) is 0 Å². The summed E-state index contributed by atoms with van der Waals surface area (Å²) in [5.74, 6) is -0.543. The number of carbonyl (C=O) groups excluding carboxylic acids is 1. The van der Waals surface area contributed by atoms with Crippen molar-refractivity contribution >= 4 is 21.8 Å². The van der Waals surface area contributed by atoms with Crippen LogP contribution in [0.5, 0.6) is 11.5 Å². The predicted molar refractivity (Wildman–Crippen MR) is 74.7 cm³/mol. The second-order valence-corrected chi connectivity index (χ2v) is 6.63. The van der Waals surface area contributed by atoms with Gasteiger partial charge in [-0.1, -0.05) is 22.0 Å². The van der Waals surface area contributed by atoms with Crippen molar-refractivity contribution in [2.24, 2.45) is 0 Å². The molecule has 0 aliphatic carbocycles. The van der Waals surface area contributed by atoms with E-state index in [0.717, 1.165) is 25.7 Å². The van der Waals surface area contributed by atoms with Gasteiger partial charge in [-0.3, -0.25) is 4.79 Å². The molecule has 2 aliphatic rings. The van der Waals surface area contributed by atoms with E-state index in [1.807, 2.05) is 4.90 Å². The van der Waals surface area contributed by atoms with Crippen LogP contribution in [0.15, 0.2) is 18.2 Å². The molecule has 1 aromatic carbocycles. The fourth-order valence-corrected chi connectivity index (χ4v) is 4.18. The average molecular weight is 326 g/mol. The third kappa shape index (κ3) is 2.10. The first kappa shape index (κ1) is 12.8. The van der Waals surface area contributed by atoms with Gasteiger partial charge in [0.15, 0.2) is 0 Å². The standard InChI is InChI=1S/C14H16BrNO3/c15-8-6-9-4-5-10(7-8)16(9)14(19)13-11(17)2-1-3-12(13)18/h1-3,8-10,17-18H,4-7H2. The van der Waals surface area contributed by atoms with Gasteiger partial charge in [-0.25, -0.2) is 0 Å². The van der Waals surface area contributed by atoms with Gasteiger partial charge in [-0.15, -0.1) is 0 Å². The molecular formula is C14H16BrNO3. The fourth-order valence-electron chi connectivity index (χ4n) is 3.32. The number of aromatic hydroxyl groups is 2. The molecular weight excluding hydrogens is 310 g/mol. The Balaban J connectivity index is 1.93. The Hall–Kier alpha value is -1.23. The lowest BCUT2D eigenvalue weighted by Gasteiger charge is -2.37. The molecule has 2 saturated heterocycles. The minimum atomic E-state index is -0.248. The Labute approximate surface area is 120 Å². The number of hydrogen-bond acceptors (Lipinski definition) is 3. The summed E-state index contributed by atoms with van der Waals surface area (Å²) in [6.45, 7) is 0. The summed E-state index contributed by atoms with van der Waals surface area (Å²) in [6, 6.07) is 4.84. The summed E-state index contributed by atoms with van der Waals surface area (Å²) >= 11 is 3.63. The molecule has 4 nitrogen and oxygen atoms in total. The van der Waals surface area contributed by atoms with Gasteiger partial charge in [-0.05, 0) is 37.8 Å². The van der Waals surface area contributed by atoms with Crippen molar-refractivity contribution in [3.8, 4) is 11.5 Å². The molecule has 2 N–H and O–H groups in total. The Kier molecular flexibility index (Phi) is 3.17. The molecule has 19 heavy (non-hydrogen) atoms. The van der Waals surface area contributed by atoms with Crippen molar-refractivity contribution in [3.05, 3.63) is 23.8 Å². The lowest BCUT2D eigenvalue weighted by molar-refractivity contribution is 0.0597. The van der Waals surface area contributed by atoms with Gasteiger partial charge in [0.2, 0.25) is 0 Å². The number of hydrogen-bond donors (Lipinski definition) is 2. The van der Waals surface area contributed by atoms with Crippen LogP contribution in [0.4, 0.5) is 0 Å². The van der Waals surface area contributed by atoms with Crippen LogP contribution in [-0.4, -0.2) is 37.9 Å². The minimum absolute atomic E-state index is 0.0347. The van der Waals surface area contributed by atoms with E-state index in [1.165, 1.54) is 18.2 Å². The second-order valence-electron chi connectivity index (χ2n) is 5.34. The van der Waals surface area contributed by atoms with Crippen LogP contribution < -0.4 is 0 Å². The highest BCUT2D eigenvalue weighted by Crippen LogP contribution is 2.41. The van der Waals surface area contributed by atoms with Gasteiger partial charge in [0.25, 0.3) is 5.91 Å². The summed E-state index contributed by atoms with van der Waals surface area (Å²) in [5, 5.41) is 19.6. The summed E-state index contributed by atoms with van der Waals surface area (Å²) in [6.07, 6.45) is 3.90. The SMILES string of the molecule is O=C(c1c(O)cccc1O)N1C2CCC1CC(Br)C2. The molecule has 2 fully saturated rings. The van der Waals surface area contributed by atoms with Gasteiger partial charge in [-0.2, -0.15) is 0 Å². The third-order valence-corrected chi connectivity index (χ3v) is 4.89. The Morgan fingerprint density at radius 2 is 1.68 bits per heavy atom. The molecule has 2 aliphatic heterocycles. The van der Waals surface area contributed by atoms with E-state index in [-0.39, 0.29) is 35.1 Å². The second kappa shape index (κ2) is 4.71. The highest BCUT2D eigenvalue weighted by Gasteiger charge is 2.43. The molecule has 1 aromatic rings. The lowest BCUT2D eigenvalue weighted by Crippen LogP contribution is -2.46. The molecule has 1 amide bonds. The Morgan fingerprint density at radius 1 is 1.16 bits per heavy atom. The normalized spacial score (nSPS) is 29.5. The van der Waals surface area contributed by atoms with Crippen LogP contribution in [0.25, 0.3) is 0 Å². The van der Waals surface area contributed by atoms with Crippen molar-refractivity contribution in [3.63, 3.8) is 0 Å². The van der Waals surface area contributed by atoms with Crippen LogP contribution in [0.2, 0.25) is 0 Å². The van der Waals surface area contributed by atoms with Crippen molar-refractivity contribution < 1.29 is 15.0 Å². The maximum Gasteiger partial charge on any atom is 0.261 e. The number of halogens is 1. The van der Waals surface area contributed by atoms with E-state index in [4.69, 9.17) is 0 Å². The minimum Gasteiger partial charge on any atom is -0.507 e. The van der Waals surface area contributed by atoms with Crippen LogP contribution in [0, 0.1) is 0 Å². The zero-order valence-electron chi connectivity index (χ0n) is 10.4. The monoisotopic (exact) mass is 325 g/mol. The number of amides is 1. The highest BCUT2D eigenvalue weighted by atomic mass is 79.9. The van der Waals surface area contributed by atoms with Crippen molar-refractivity contribution in [2.45, 2.75) is 42.6 Å². The average Bonchev–Trinajstić information content (AvgIpc) is 2.61. The van der Waals surface area contributed by atoms with Gasteiger partial charge in [0.1, 0.15) is 17.1 Å². The number of alkyl halides is 1. The molecule has 102 valence electrons. The first-order chi connectivity index (χ1) is 9.08. The first-order valence-electron chi connectivity index (χ1n) is 6.55. The number of carbonyl (C=O) groups is 1. The molecule has 0 saturated carbocycles. The van der Waals surface area contributed by atoms with Gasteiger partial charge >= 0.3 is 0 Å². The fraction of sp³-hybridized carbons (Fsp3) is 0.500. The number of phenolic OH excluding ortho intramolecular Hbond substituents is 2. The van der Waals surface area contributed by atoms with E-state index >= 15 is 0 Å². The van der Waals surface area contributed by atoms with Gasteiger partial charge in [0, 0.05) is 16.9 Å². The van der Waals surface area contributed by atoms with Gasteiger partial charge < -0.3 is 15.1 Å².